The Morgan fingerprint density at radius 1 is 0.750 bits per heavy atom. The van der Waals surface area contributed by atoms with Crippen molar-refractivity contribution in [1.82, 2.24) is 25.1 Å². The molecule has 0 fully saturated rings. The van der Waals surface area contributed by atoms with E-state index in [9.17, 15) is 19.2 Å². The zero-order chi connectivity index (χ0) is 40.6. The molecule has 0 spiro atoms. The second-order valence-electron chi connectivity index (χ2n) is 15.7. The molecule has 0 aliphatic rings. The highest BCUT2D eigenvalue weighted by atomic mass is 16.6. The van der Waals surface area contributed by atoms with E-state index in [-0.39, 0.29) is 31.6 Å². The van der Waals surface area contributed by atoms with Gasteiger partial charge in [0.25, 0.3) is 5.91 Å². The first-order valence-corrected chi connectivity index (χ1v) is 18.9. The van der Waals surface area contributed by atoms with Crippen molar-refractivity contribution in [2.24, 2.45) is 5.73 Å². The van der Waals surface area contributed by atoms with Crippen LogP contribution < -0.4 is 11.1 Å². The van der Waals surface area contributed by atoms with Crippen LogP contribution in [0.25, 0.3) is 21.7 Å². The average molecular weight is 761 g/mol. The molecule has 0 bridgehead atoms. The summed E-state index contributed by atoms with van der Waals surface area (Å²) < 4.78 is 11.5. The van der Waals surface area contributed by atoms with E-state index in [0.717, 1.165) is 21.2 Å². The summed E-state index contributed by atoms with van der Waals surface area (Å²) in [5, 5.41) is 5.49. The van der Waals surface area contributed by atoms with E-state index in [1.54, 1.807) is 84.3 Å². The lowest BCUT2D eigenvalue weighted by Gasteiger charge is -2.32. The number of amides is 4. The van der Waals surface area contributed by atoms with Gasteiger partial charge in [0, 0.05) is 23.3 Å². The number of ether oxygens (including phenoxy) is 2. The number of benzene rings is 3. The van der Waals surface area contributed by atoms with Crippen LogP contribution in [0, 0.1) is 0 Å². The van der Waals surface area contributed by atoms with Crippen LogP contribution in [0.1, 0.15) is 94.5 Å². The minimum atomic E-state index is -1.26. The third kappa shape index (κ3) is 10.4. The van der Waals surface area contributed by atoms with Crippen LogP contribution in [-0.4, -0.2) is 67.6 Å². The molecule has 12 heteroatoms. The second kappa shape index (κ2) is 17.7. The van der Waals surface area contributed by atoms with E-state index in [1.807, 2.05) is 61.5 Å². The molecule has 0 unspecified atom stereocenters. The highest BCUT2D eigenvalue weighted by molar-refractivity contribution is 6.13. The molecule has 3 aromatic carbocycles. The lowest BCUT2D eigenvalue weighted by atomic mass is 9.98. The number of hydrogen-bond donors (Lipinski definition) is 2. The van der Waals surface area contributed by atoms with Crippen molar-refractivity contribution in [3.63, 3.8) is 0 Å². The third-order valence-corrected chi connectivity index (χ3v) is 8.93. The first kappa shape index (κ1) is 41.3. The zero-order valence-corrected chi connectivity index (χ0v) is 33.2. The summed E-state index contributed by atoms with van der Waals surface area (Å²) in [6.45, 7) is 12.8. The Morgan fingerprint density at radius 2 is 1.41 bits per heavy atom. The van der Waals surface area contributed by atoms with E-state index in [2.05, 4.69) is 15.3 Å². The van der Waals surface area contributed by atoms with Gasteiger partial charge in [0.2, 0.25) is 5.91 Å². The second-order valence-corrected chi connectivity index (χ2v) is 15.7. The van der Waals surface area contributed by atoms with Crippen molar-refractivity contribution in [2.75, 3.05) is 6.54 Å². The van der Waals surface area contributed by atoms with Gasteiger partial charge in [0.15, 0.2) is 0 Å². The third-order valence-electron chi connectivity index (χ3n) is 8.93. The molecule has 2 atom stereocenters. The van der Waals surface area contributed by atoms with E-state index < -0.39 is 47.3 Å². The predicted molar refractivity (Wildman–Crippen MR) is 216 cm³/mol. The van der Waals surface area contributed by atoms with Crippen molar-refractivity contribution in [2.45, 2.75) is 97.7 Å². The Bertz CT molecular complexity index is 2170. The van der Waals surface area contributed by atoms with Gasteiger partial charge in [0.05, 0.1) is 30.3 Å². The van der Waals surface area contributed by atoms with Gasteiger partial charge in [-0.25, -0.2) is 14.5 Å². The summed E-state index contributed by atoms with van der Waals surface area (Å²) in [6.07, 6.45) is 2.18. The molecule has 0 aliphatic heterocycles. The molecule has 5 rings (SSSR count). The molecule has 4 amide bonds. The van der Waals surface area contributed by atoms with E-state index in [0.29, 0.717) is 28.6 Å². The van der Waals surface area contributed by atoms with E-state index in [1.165, 1.54) is 4.90 Å². The van der Waals surface area contributed by atoms with Crippen LogP contribution in [0.5, 0.6) is 0 Å². The highest BCUT2D eigenvalue weighted by Gasteiger charge is 2.39. The van der Waals surface area contributed by atoms with Gasteiger partial charge >= 0.3 is 12.2 Å². The number of hydrogen-bond acceptors (Lipinski definition) is 9. The topological polar surface area (TPSA) is 157 Å². The van der Waals surface area contributed by atoms with E-state index >= 15 is 0 Å². The maximum absolute atomic E-state index is 14.9. The zero-order valence-electron chi connectivity index (χ0n) is 33.2. The summed E-state index contributed by atoms with van der Waals surface area (Å²) in [4.78, 5) is 68.3. The molecule has 5 aromatic rings. The molecule has 0 saturated heterocycles. The first-order chi connectivity index (χ1) is 26.6. The number of rotatable bonds is 12. The Morgan fingerprint density at radius 3 is 2.11 bits per heavy atom. The van der Waals surface area contributed by atoms with Crippen LogP contribution in [-0.2, 0) is 27.4 Å². The molecule has 2 aromatic heterocycles. The molecule has 0 saturated carbocycles. The quantitative estimate of drug-likeness (QED) is 0.128. The number of nitrogens with zero attached hydrogens (tertiary/aromatic N) is 4. The summed E-state index contributed by atoms with van der Waals surface area (Å²) in [5.74, 6) is -1.27. The van der Waals surface area contributed by atoms with Crippen LogP contribution in [0.15, 0.2) is 97.3 Å². The minimum Gasteiger partial charge on any atom is -0.444 e. The molecule has 0 aliphatic carbocycles. The van der Waals surface area contributed by atoms with Gasteiger partial charge in [-0.15, -0.1) is 0 Å². The minimum absolute atomic E-state index is 0.0802. The Labute approximate surface area is 328 Å². The molecule has 0 radical (unpaired) electrons. The Balaban J connectivity index is 1.54. The fourth-order valence-electron chi connectivity index (χ4n) is 6.45. The number of fused-ring (bicyclic) bond motifs is 2. The average Bonchev–Trinajstić information content (AvgIpc) is 3.14. The fraction of sp³-hybridized carbons (Fsp3) is 0.364. The largest absolute Gasteiger partial charge is 0.444 e. The smallest absolute Gasteiger partial charge is 0.418 e. The lowest BCUT2D eigenvalue weighted by molar-refractivity contribution is -0.126. The van der Waals surface area contributed by atoms with Crippen molar-refractivity contribution in [3.05, 3.63) is 120 Å². The highest BCUT2D eigenvalue weighted by Crippen LogP contribution is 2.29. The van der Waals surface area contributed by atoms with Crippen LogP contribution in [0.4, 0.5) is 9.59 Å². The van der Waals surface area contributed by atoms with E-state index in [4.69, 9.17) is 15.2 Å². The van der Waals surface area contributed by atoms with Crippen LogP contribution >= 0.6 is 0 Å². The van der Waals surface area contributed by atoms with Gasteiger partial charge in [0.1, 0.15) is 17.2 Å². The summed E-state index contributed by atoms with van der Waals surface area (Å²) >= 11 is 0. The molecule has 294 valence electrons. The predicted octanol–water partition coefficient (Wildman–Crippen LogP) is 8.08. The van der Waals surface area contributed by atoms with Gasteiger partial charge in [-0.2, -0.15) is 0 Å². The number of imide groups is 1. The number of pyridine rings is 2. The molecule has 12 nitrogen and oxygen atoms in total. The number of carbonyl (C=O) groups excluding carboxylic acids is 4. The fourth-order valence-corrected chi connectivity index (χ4v) is 6.45. The lowest BCUT2D eigenvalue weighted by Crippen LogP contribution is -2.54. The number of nitrogens with two attached hydrogens (primary N) is 1. The molecular weight excluding hydrogens is 709 g/mol. The van der Waals surface area contributed by atoms with Gasteiger partial charge < -0.3 is 20.5 Å². The van der Waals surface area contributed by atoms with Gasteiger partial charge in [-0.3, -0.25) is 24.5 Å². The number of nitrogens with one attached hydrogen (secondary N) is 1. The van der Waals surface area contributed by atoms with Crippen molar-refractivity contribution in [3.8, 4) is 0 Å². The molecule has 2 heterocycles. The SMILES string of the molecule is C[C@H](NC(=O)[C@H](CCCN)N(C(=O)OC(C)(C)C)C(=O)c1ccc(CN(Cc2ccccn2)C(=O)OC(C)(C)C)c2ncccc12)c1cccc2ccccc12. The Hall–Kier alpha value is -5.88. The van der Waals surface area contributed by atoms with Crippen molar-refractivity contribution < 1.29 is 28.7 Å². The standard InChI is InChI=1S/C44H52N6O6/c1-29(33-19-12-16-30-15-8-9-18-34(30)33)48-39(51)37(21-13-24-45)50(42(54)56-44(5,6)7)40(52)36-23-22-31(38-35(36)20-14-26-47-38)27-49(41(53)55-43(2,3)4)28-32-17-10-11-25-46-32/h8-12,14-20,22-23,25-26,29,37H,13,21,24,27-28,45H2,1-7H3,(H,48,51)/t29-,37-/m0/s1. The normalized spacial score (nSPS) is 12.8. The Kier molecular flexibility index (Phi) is 13.1. The molecule has 3 N–H and O–H groups in total. The summed E-state index contributed by atoms with van der Waals surface area (Å²) in [7, 11) is 0. The summed E-state index contributed by atoms with van der Waals surface area (Å²) in [5.41, 5.74) is 6.94. The van der Waals surface area contributed by atoms with Crippen LogP contribution in [0.3, 0.4) is 0 Å². The first-order valence-electron chi connectivity index (χ1n) is 18.9. The maximum atomic E-state index is 14.9. The number of carbonyl (C=O) groups is 4. The van der Waals surface area contributed by atoms with Crippen molar-refractivity contribution in [1.29, 1.82) is 0 Å². The monoisotopic (exact) mass is 760 g/mol. The molecular formula is C44H52N6O6. The molecule has 56 heavy (non-hydrogen) atoms. The number of aromatic nitrogens is 2. The van der Waals surface area contributed by atoms with Gasteiger partial charge in [-0.05, 0) is 114 Å². The van der Waals surface area contributed by atoms with Crippen molar-refractivity contribution >= 4 is 45.7 Å². The van der Waals surface area contributed by atoms with Gasteiger partial charge in [-0.1, -0.05) is 60.7 Å². The van der Waals surface area contributed by atoms with Crippen LogP contribution in [0.2, 0.25) is 0 Å². The maximum Gasteiger partial charge on any atom is 0.418 e. The summed E-state index contributed by atoms with van der Waals surface area (Å²) in [6, 6.07) is 24.2.